The molecule has 0 bridgehead atoms. The maximum Gasteiger partial charge on any atom is 0.335 e. The molecule has 104 valence electrons. The van der Waals surface area contributed by atoms with Crippen molar-refractivity contribution in [3.8, 4) is 11.1 Å². The molecule has 0 unspecified atom stereocenters. The molecule has 0 atom stereocenters. The second-order valence-corrected chi connectivity index (χ2v) is 5.39. The molecule has 0 fully saturated rings. The highest BCUT2D eigenvalue weighted by atomic mass is 32.1. The monoisotopic (exact) mass is 299 g/mol. The lowest BCUT2D eigenvalue weighted by Crippen LogP contribution is -1.96. The molecule has 0 saturated heterocycles. The van der Waals surface area contributed by atoms with Crippen molar-refractivity contribution in [2.24, 2.45) is 0 Å². The van der Waals surface area contributed by atoms with Crippen molar-refractivity contribution in [1.29, 1.82) is 0 Å². The first-order valence-corrected chi connectivity index (χ1v) is 6.93. The fraction of sp³-hybridized carbons (Fsp3) is 0. The summed E-state index contributed by atoms with van der Waals surface area (Å²) in [4.78, 5) is 21.6. The normalized spacial score (nSPS) is 10.7. The topological polar surface area (TPSA) is 80.4 Å². The zero-order valence-electron chi connectivity index (χ0n) is 10.6. The van der Waals surface area contributed by atoms with E-state index in [1.165, 1.54) is 23.5 Å². The molecule has 0 saturated carbocycles. The van der Waals surface area contributed by atoms with E-state index in [1.807, 2.05) is 11.4 Å². The molecule has 5 nitrogen and oxygen atoms in total. The number of nitro groups is 1. The van der Waals surface area contributed by atoms with Crippen molar-refractivity contribution >= 4 is 33.1 Å². The minimum Gasteiger partial charge on any atom is -0.478 e. The van der Waals surface area contributed by atoms with Crippen molar-refractivity contribution in [3.63, 3.8) is 0 Å². The van der Waals surface area contributed by atoms with E-state index in [9.17, 15) is 20.0 Å². The van der Waals surface area contributed by atoms with E-state index >= 15 is 0 Å². The van der Waals surface area contributed by atoms with E-state index in [-0.39, 0.29) is 11.3 Å². The maximum atomic E-state index is 11.2. The van der Waals surface area contributed by atoms with Crippen LogP contribution >= 0.6 is 11.3 Å². The lowest BCUT2D eigenvalue weighted by Gasteiger charge is -2.06. The van der Waals surface area contributed by atoms with Gasteiger partial charge in [-0.15, -0.1) is 11.3 Å². The van der Waals surface area contributed by atoms with Gasteiger partial charge in [-0.1, -0.05) is 12.1 Å². The summed E-state index contributed by atoms with van der Waals surface area (Å²) in [5, 5.41) is 22.8. The summed E-state index contributed by atoms with van der Waals surface area (Å²) in [5.74, 6) is -1.02. The summed E-state index contributed by atoms with van der Waals surface area (Å²) in [5.41, 5.74) is 1.49. The largest absolute Gasteiger partial charge is 0.478 e. The summed E-state index contributed by atoms with van der Waals surface area (Å²) in [6.45, 7) is 0. The van der Waals surface area contributed by atoms with Gasteiger partial charge < -0.3 is 5.11 Å². The minimum absolute atomic E-state index is 0.0158. The first-order valence-electron chi connectivity index (χ1n) is 6.05. The van der Waals surface area contributed by atoms with Gasteiger partial charge in [0, 0.05) is 22.4 Å². The minimum atomic E-state index is -1.02. The van der Waals surface area contributed by atoms with Gasteiger partial charge in [0.05, 0.1) is 10.5 Å². The number of carbonyl (C=O) groups is 1. The predicted molar refractivity (Wildman–Crippen MR) is 80.9 cm³/mol. The van der Waals surface area contributed by atoms with E-state index in [2.05, 4.69) is 0 Å². The highest BCUT2D eigenvalue weighted by molar-refractivity contribution is 7.17. The van der Waals surface area contributed by atoms with Gasteiger partial charge in [-0.2, -0.15) is 0 Å². The van der Waals surface area contributed by atoms with Crippen LogP contribution in [0.25, 0.3) is 21.2 Å². The molecule has 3 aromatic rings. The Labute approximate surface area is 123 Å². The van der Waals surface area contributed by atoms with Crippen molar-refractivity contribution in [1.82, 2.24) is 0 Å². The van der Waals surface area contributed by atoms with Crippen molar-refractivity contribution < 1.29 is 14.8 Å². The Bertz CT molecular complexity index is 869. The van der Waals surface area contributed by atoms with Gasteiger partial charge in [0.25, 0.3) is 5.69 Å². The van der Waals surface area contributed by atoms with Crippen molar-refractivity contribution in [3.05, 3.63) is 63.5 Å². The maximum absolute atomic E-state index is 11.2. The Morgan fingerprint density at radius 1 is 1.19 bits per heavy atom. The Kier molecular flexibility index (Phi) is 3.15. The van der Waals surface area contributed by atoms with Crippen molar-refractivity contribution in [2.45, 2.75) is 0 Å². The lowest BCUT2D eigenvalue weighted by atomic mass is 10.0. The molecule has 0 aliphatic carbocycles. The molecule has 6 heteroatoms. The lowest BCUT2D eigenvalue weighted by molar-refractivity contribution is -0.384. The molecular formula is C15H9NO4S. The number of benzene rings is 2. The van der Waals surface area contributed by atoms with Crippen LogP contribution in [0.15, 0.2) is 47.8 Å². The smallest absolute Gasteiger partial charge is 0.335 e. The van der Waals surface area contributed by atoms with E-state index in [4.69, 9.17) is 0 Å². The van der Waals surface area contributed by atoms with Crippen LogP contribution < -0.4 is 0 Å². The number of fused-ring (bicyclic) bond motifs is 1. The van der Waals surface area contributed by atoms with Crippen LogP contribution in [0.4, 0.5) is 5.69 Å². The molecule has 1 heterocycles. The Hall–Kier alpha value is -2.73. The second kappa shape index (κ2) is 4.99. The summed E-state index contributed by atoms with van der Waals surface area (Å²) in [7, 11) is 0. The van der Waals surface area contributed by atoms with E-state index in [0.717, 1.165) is 10.1 Å². The van der Waals surface area contributed by atoms with E-state index in [1.54, 1.807) is 24.3 Å². The van der Waals surface area contributed by atoms with Crippen molar-refractivity contribution in [2.75, 3.05) is 0 Å². The molecule has 1 N–H and O–H groups in total. The number of nitrogens with zero attached hydrogens (tertiary/aromatic N) is 1. The molecule has 3 rings (SSSR count). The quantitative estimate of drug-likeness (QED) is 0.581. The summed E-state index contributed by atoms with van der Waals surface area (Å²) in [6, 6.07) is 11.2. The first kappa shape index (κ1) is 13.3. The fourth-order valence-corrected chi connectivity index (χ4v) is 3.12. The SMILES string of the molecule is O=C(O)c1cc(-c2cccc([N+](=O)[O-])c2)c2sccc2c1. The Morgan fingerprint density at radius 3 is 2.71 bits per heavy atom. The summed E-state index contributed by atoms with van der Waals surface area (Å²) < 4.78 is 0.917. The molecule has 2 aromatic carbocycles. The van der Waals surface area contributed by atoms with E-state index in [0.29, 0.717) is 11.1 Å². The number of nitro benzene ring substituents is 1. The standard InChI is InChI=1S/C15H9NO4S/c17-15(18)11-6-10-4-5-21-14(10)13(8-11)9-2-1-3-12(7-9)16(19)20/h1-8H,(H,17,18). The second-order valence-electron chi connectivity index (χ2n) is 4.48. The zero-order chi connectivity index (χ0) is 15.0. The third kappa shape index (κ3) is 2.36. The Balaban J connectivity index is 2.28. The highest BCUT2D eigenvalue weighted by Crippen LogP contribution is 2.35. The number of aromatic carboxylic acids is 1. The number of non-ortho nitro benzene ring substituents is 1. The number of carboxylic acid groups (broad SMARTS) is 1. The van der Waals surface area contributed by atoms with Crippen LogP contribution in [0.5, 0.6) is 0 Å². The fourth-order valence-electron chi connectivity index (χ4n) is 2.21. The molecule has 21 heavy (non-hydrogen) atoms. The first-order chi connectivity index (χ1) is 10.1. The van der Waals surface area contributed by atoms with Gasteiger partial charge in [0.2, 0.25) is 0 Å². The predicted octanol–water partition coefficient (Wildman–Crippen LogP) is 4.17. The molecule has 0 aliphatic heterocycles. The van der Waals surface area contributed by atoms with E-state index < -0.39 is 10.9 Å². The molecule has 0 amide bonds. The number of hydrogen-bond acceptors (Lipinski definition) is 4. The highest BCUT2D eigenvalue weighted by Gasteiger charge is 2.14. The molecule has 0 aliphatic rings. The van der Waals surface area contributed by atoms with Crippen LogP contribution in [0.3, 0.4) is 0 Å². The number of rotatable bonds is 3. The summed E-state index contributed by atoms with van der Waals surface area (Å²) in [6.07, 6.45) is 0. The van der Waals surface area contributed by atoms with Gasteiger partial charge in [-0.25, -0.2) is 4.79 Å². The third-order valence-electron chi connectivity index (χ3n) is 3.17. The molecule has 0 spiro atoms. The van der Waals surface area contributed by atoms with Gasteiger partial charge in [-0.05, 0) is 34.5 Å². The van der Waals surface area contributed by atoms with Gasteiger partial charge >= 0.3 is 5.97 Å². The van der Waals surface area contributed by atoms with Crippen LogP contribution in [0.2, 0.25) is 0 Å². The third-order valence-corrected chi connectivity index (χ3v) is 4.13. The summed E-state index contributed by atoms with van der Waals surface area (Å²) >= 11 is 1.48. The van der Waals surface area contributed by atoms with Crippen LogP contribution in [0, 0.1) is 10.1 Å². The van der Waals surface area contributed by atoms with Crippen LogP contribution in [0.1, 0.15) is 10.4 Å². The van der Waals surface area contributed by atoms with Gasteiger partial charge in [-0.3, -0.25) is 10.1 Å². The van der Waals surface area contributed by atoms with Gasteiger partial charge in [0.15, 0.2) is 0 Å². The average molecular weight is 299 g/mol. The molecule has 0 radical (unpaired) electrons. The zero-order valence-corrected chi connectivity index (χ0v) is 11.5. The number of thiophene rings is 1. The molecule has 1 aromatic heterocycles. The molecular weight excluding hydrogens is 290 g/mol. The van der Waals surface area contributed by atoms with Crippen LogP contribution in [-0.2, 0) is 0 Å². The number of hydrogen-bond donors (Lipinski definition) is 1. The van der Waals surface area contributed by atoms with Gasteiger partial charge in [0.1, 0.15) is 0 Å². The Morgan fingerprint density at radius 2 is 2.00 bits per heavy atom. The average Bonchev–Trinajstić information content (AvgIpc) is 2.94. The number of carboxylic acids is 1. The van der Waals surface area contributed by atoms with Crippen LogP contribution in [-0.4, -0.2) is 16.0 Å².